The molecule has 1 aliphatic rings. The molecule has 5 nitrogen and oxygen atoms in total. The van der Waals surface area contributed by atoms with Crippen molar-refractivity contribution in [2.45, 2.75) is 46.1 Å². The monoisotopic (exact) mass is 278 g/mol. The molecule has 1 aliphatic carbocycles. The van der Waals surface area contributed by atoms with Crippen molar-refractivity contribution in [1.29, 1.82) is 0 Å². The molecule has 1 aromatic rings. The topological polar surface area (TPSA) is 75.4 Å². The average Bonchev–Trinajstić information content (AvgIpc) is 2.33. The minimum Gasteiger partial charge on any atom is -0.508 e. The lowest BCUT2D eigenvalue weighted by atomic mass is 9.70. The van der Waals surface area contributed by atoms with Crippen LogP contribution in [0.5, 0.6) is 5.75 Å². The number of aromatic hydroxyl groups is 1. The van der Waals surface area contributed by atoms with Gasteiger partial charge in [-0.2, -0.15) is 0 Å². The fourth-order valence-electron chi connectivity index (χ4n) is 3.15. The molecule has 0 heterocycles. The fraction of sp³-hybridized carbons (Fsp3) is 0.600. The Morgan fingerprint density at radius 3 is 2.75 bits per heavy atom. The van der Waals surface area contributed by atoms with Crippen LogP contribution in [0.3, 0.4) is 0 Å². The molecule has 0 spiro atoms. The first kappa shape index (κ1) is 14.6. The van der Waals surface area contributed by atoms with Crippen molar-refractivity contribution in [2.75, 3.05) is 5.32 Å². The molecule has 1 saturated carbocycles. The van der Waals surface area contributed by atoms with Gasteiger partial charge in [-0.15, -0.1) is 0 Å². The van der Waals surface area contributed by atoms with Gasteiger partial charge < -0.3 is 10.4 Å². The smallest absolute Gasteiger partial charge is 0.296 e. The van der Waals surface area contributed by atoms with Crippen LogP contribution >= 0.6 is 0 Å². The van der Waals surface area contributed by atoms with Crippen LogP contribution < -0.4 is 5.32 Å². The van der Waals surface area contributed by atoms with E-state index in [0.717, 1.165) is 19.3 Å². The van der Waals surface area contributed by atoms with Gasteiger partial charge in [0.1, 0.15) is 11.4 Å². The van der Waals surface area contributed by atoms with Crippen LogP contribution in [0.15, 0.2) is 18.2 Å². The van der Waals surface area contributed by atoms with Gasteiger partial charge in [0.05, 0.1) is 11.0 Å². The van der Waals surface area contributed by atoms with Crippen molar-refractivity contribution < 1.29 is 10.0 Å². The molecule has 1 aromatic carbocycles. The Morgan fingerprint density at radius 1 is 1.45 bits per heavy atom. The van der Waals surface area contributed by atoms with Crippen molar-refractivity contribution in [1.82, 2.24) is 0 Å². The van der Waals surface area contributed by atoms with Crippen LogP contribution in [0.25, 0.3) is 0 Å². The van der Waals surface area contributed by atoms with Crippen LogP contribution in [-0.2, 0) is 0 Å². The molecule has 2 unspecified atom stereocenters. The van der Waals surface area contributed by atoms with Gasteiger partial charge in [0.25, 0.3) is 5.69 Å². The van der Waals surface area contributed by atoms with Crippen LogP contribution in [0, 0.1) is 21.4 Å². The highest BCUT2D eigenvalue weighted by Gasteiger charge is 2.33. The molecule has 5 heteroatoms. The SMILES string of the molecule is CC1CC(C)(C)CCC1Nc1ccc(O)cc1[N+](=O)[O-]. The highest BCUT2D eigenvalue weighted by atomic mass is 16.6. The standard InChI is InChI=1S/C15H22N2O3/c1-10-9-15(2,3)7-6-12(10)16-13-5-4-11(18)8-14(13)17(19)20/h4-5,8,10,12,16,18H,6-7,9H2,1-3H3. The Morgan fingerprint density at radius 2 is 2.15 bits per heavy atom. The summed E-state index contributed by atoms with van der Waals surface area (Å²) in [4.78, 5) is 10.6. The summed E-state index contributed by atoms with van der Waals surface area (Å²) in [7, 11) is 0. The molecule has 1 fully saturated rings. The number of benzene rings is 1. The number of hydrogen-bond acceptors (Lipinski definition) is 4. The normalized spacial score (nSPS) is 25.1. The first-order valence-corrected chi connectivity index (χ1v) is 7.02. The molecule has 20 heavy (non-hydrogen) atoms. The second-order valence-electron chi connectivity index (χ2n) is 6.59. The highest BCUT2D eigenvalue weighted by molar-refractivity contribution is 5.64. The maximum atomic E-state index is 11.1. The van der Waals surface area contributed by atoms with Gasteiger partial charge >= 0.3 is 0 Å². The molecule has 0 saturated heterocycles. The Kier molecular flexibility index (Phi) is 3.88. The van der Waals surface area contributed by atoms with Gasteiger partial charge in [0, 0.05) is 6.04 Å². The van der Waals surface area contributed by atoms with E-state index in [-0.39, 0.29) is 17.5 Å². The quantitative estimate of drug-likeness (QED) is 0.499. The molecule has 0 aliphatic heterocycles. The maximum absolute atomic E-state index is 11.1. The second-order valence-corrected chi connectivity index (χ2v) is 6.59. The lowest BCUT2D eigenvalue weighted by molar-refractivity contribution is -0.384. The van der Waals surface area contributed by atoms with E-state index in [4.69, 9.17) is 0 Å². The number of rotatable bonds is 3. The minimum absolute atomic E-state index is 0.0676. The van der Waals surface area contributed by atoms with E-state index in [1.165, 1.54) is 12.1 Å². The predicted molar refractivity (Wildman–Crippen MR) is 79.0 cm³/mol. The third-order valence-electron chi connectivity index (χ3n) is 4.21. The van der Waals surface area contributed by atoms with Gasteiger partial charge in [0.2, 0.25) is 0 Å². The van der Waals surface area contributed by atoms with E-state index in [1.807, 2.05) is 0 Å². The summed E-state index contributed by atoms with van der Waals surface area (Å²) in [6, 6.07) is 4.50. The minimum atomic E-state index is -0.459. The highest BCUT2D eigenvalue weighted by Crippen LogP contribution is 2.40. The fourth-order valence-corrected chi connectivity index (χ4v) is 3.15. The van der Waals surface area contributed by atoms with Gasteiger partial charge in [-0.25, -0.2) is 0 Å². The van der Waals surface area contributed by atoms with Gasteiger partial charge in [0.15, 0.2) is 0 Å². The van der Waals surface area contributed by atoms with Gasteiger partial charge in [-0.05, 0) is 42.7 Å². The summed E-state index contributed by atoms with van der Waals surface area (Å²) in [6.07, 6.45) is 3.23. The molecule has 0 bridgehead atoms. The summed E-state index contributed by atoms with van der Waals surface area (Å²) in [5.41, 5.74) is 0.768. The van der Waals surface area contributed by atoms with Crippen molar-refractivity contribution in [3.8, 4) is 5.75 Å². The Labute approximate surface area is 119 Å². The van der Waals surface area contributed by atoms with Crippen LogP contribution in [0.2, 0.25) is 0 Å². The number of nitro benzene ring substituents is 1. The first-order chi connectivity index (χ1) is 9.28. The zero-order valence-electron chi connectivity index (χ0n) is 12.2. The molecule has 0 amide bonds. The van der Waals surface area contributed by atoms with E-state index in [2.05, 4.69) is 26.1 Å². The Hall–Kier alpha value is -1.78. The molecular formula is C15H22N2O3. The Balaban J connectivity index is 2.16. The summed E-state index contributed by atoms with van der Waals surface area (Å²) < 4.78 is 0. The molecule has 2 rings (SSSR count). The van der Waals surface area contributed by atoms with E-state index in [1.54, 1.807) is 6.07 Å². The van der Waals surface area contributed by atoms with Crippen LogP contribution in [0.4, 0.5) is 11.4 Å². The zero-order valence-corrected chi connectivity index (χ0v) is 12.2. The second kappa shape index (κ2) is 5.31. The van der Waals surface area contributed by atoms with Gasteiger partial charge in [-0.1, -0.05) is 20.8 Å². The van der Waals surface area contributed by atoms with Gasteiger partial charge in [-0.3, -0.25) is 10.1 Å². The number of hydrogen-bond donors (Lipinski definition) is 2. The number of anilines is 1. The first-order valence-electron chi connectivity index (χ1n) is 7.02. The molecular weight excluding hydrogens is 256 g/mol. The molecule has 0 radical (unpaired) electrons. The summed E-state index contributed by atoms with van der Waals surface area (Å²) in [6.45, 7) is 6.72. The molecule has 0 aromatic heterocycles. The summed E-state index contributed by atoms with van der Waals surface area (Å²) in [5, 5.41) is 23.7. The number of phenols is 1. The number of phenolic OH excluding ortho intramolecular Hbond substituents is 1. The maximum Gasteiger partial charge on any atom is 0.296 e. The lowest BCUT2D eigenvalue weighted by Crippen LogP contribution is -2.37. The third kappa shape index (κ3) is 3.21. The van der Waals surface area contributed by atoms with Crippen LogP contribution in [0.1, 0.15) is 40.0 Å². The van der Waals surface area contributed by atoms with E-state index in [9.17, 15) is 15.2 Å². The number of nitrogens with zero attached hydrogens (tertiary/aromatic N) is 1. The Bertz CT molecular complexity index is 514. The van der Waals surface area contributed by atoms with Crippen LogP contribution in [-0.4, -0.2) is 16.1 Å². The van der Waals surface area contributed by atoms with E-state index < -0.39 is 4.92 Å². The lowest BCUT2D eigenvalue weighted by Gasteiger charge is -2.39. The average molecular weight is 278 g/mol. The third-order valence-corrected chi connectivity index (χ3v) is 4.21. The van der Waals surface area contributed by atoms with Crippen molar-refractivity contribution in [3.63, 3.8) is 0 Å². The molecule has 110 valence electrons. The predicted octanol–water partition coefficient (Wildman–Crippen LogP) is 3.93. The zero-order chi connectivity index (χ0) is 14.9. The number of nitrogens with one attached hydrogen (secondary N) is 1. The summed E-state index contributed by atoms with van der Waals surface area (Å²) in [5.74, 6) is 0.382. The number of nitro groups is 1. The van der Waals surface area contributed by atoms with Crippen molar-refractivity contribution in [2.24, 2.45) is 11.3 Å². The molecule has 2 N–H and O–H groups in total. The van der Waals surface area contributed by atoms with E-state index >= 15 is 0 Å². The molecule has 2 atom stereocenters. The summed E-state index contributed by atoms with van der Waals surface area (Å²) >= 11 is 0. The van der Waals surface area contributed by atoms with Crippen molar-refractivity contribution in [3.05, 3.63) is 28.3 Å². The largest absolute Gasteiger partial charge is 0.508 e. The van der Waals surface area contributed by atoms with Crippen molar-refractivity contribution >= 4 is 11.4 Å². The van der Waals surface area contributed by atoms with E-state index in [0.29, 0.717) is 17.0 Å².